The van der Waals surface area contributed by atoms with E-state index in [4.69, 9.17) is 0 Å². The molecule has 0 bridgehead atoms. The number of hydrogen-bond acceptors (Lipinski definition) is 3. The van der Waals surface area contributed by atoms with Crippen molar-refractivity contribution < 1.29 is 14.3 Å². The normalized spacial score (nSPS) is 17.0. The quantitative estimate of drug-likeness (QED) is 0.754. The van der Waals surface area contributed by atoms with Crippen LogP contribution < -0.4 is 10.6 Å². The first kappa shape index (κ1) is 17.4. The molecule has 132 valence electrons. The number of hydrogen-bond donors (Lipinski definition) is 3. The fraction of sp³-hybridized carbons (Fsp3) is 0.368. The zero-order valence-electron chi connectivity index (χ0n) is 13.9. The number of rotatable bonds is 6. The molecule has 6 heteroatoms. The summed E-state index contributed by atoms with van der Waals surface area (Å²) in [7, 11) is 0. The van der Waals surface area contributed by atoms with Crippen molar-refractivity contribution in [2.75, 3.05) is 13.2 Å². The minimum Gasteiger partial charge on any atom is -0.396 e. The first-order valence-electron chi connectivity index (χ1n) is 8.49. The highest BCUT2D eigenvalue weighted by molar-refractivity contribution is 5.74. The van der Waals surface area contributed by atoms with Gasteiger partial charge in [-0.15, -0.1) is 0 Å². The first-order chi connectivity index (χ1) is 12.2. The van der Waals surface area contributed by atoms with Crippen LogP contribution >= 0.6 is 0 Å². The molecule has 1 heterocycles. The number of carbonyl (C=O) groups is 1. The Labute approximate surface area is 146 Å². The first-order valence-corrected chi connectivity index (χ1v) is 8.49. The van der Waals surface area contributed by atoms with Gasteiger partial charge in [0.1, 0.15) is 5.82 Å². The number of carbonyl (C=O) groups excluding carboxylic acids is 1. The monoisotopic (exact) mass is 343 g/mol. The largest absolute Gasteiger partial charge is 0.396 e. The summed E-state index contributed by atoms with van der Waals surface area (Å²) in [6.07, 6.45) is 3.63. The summed E-state index contributed by atoms with van der Waals surface area (Å²) < 4.78 is 13.7. The molecular weight excluding hydrogens is 321 g/mol. The number of benzene rings is 1. The summed E-state index contributed by atoms with van der Waals surface area (Å²) in [5.74, 6) is -0.313. The number of aromatic nitrogens is 1. The molecule has 3 rings (SSSR count). The topological polar surface area (TPSA) is 74.2 Å². The van der Waals surface area contributed by atoms with Crippen molar-refractivity contribution in [2.45, 2.75) is 25.3 Å². The second-order valence-electron chi connectivity index (χ2n) is 6.33. The molecule has 1 aromatic carbocycles. The lowest BCUT2D eigenvalue weighted by molar-refractivity contribution is 0.212. The van der Waals surface area contributed by atoms with E-state index < -0.39 is 0 Å². The molecule has 0 saturated carbocycles. The lowest BCUT2D eigenvalue weighted by atomic mass is 10.0. The maximum atomic E-state index is 13.7. The predicted octanol–water partition coefficient (Wildman–Crippen LogP) is 2.36. The Hall–Kier alpha value is -2.47. The van der Waals surface area contributed by atoms with Gasteiger partial charge < -0.3 is 15.7 Å². The lowest BCUT2D eigenvalue weighted by Crippen LogP contribution is -2.40. The number of aliphatic hydroxyl groups excluding tert-OH is 1. The average molecular weight is 343 g/mol. The van der Waals surface area contributed by atoms with Crippen LogP contribution in [0.1, 0.15) is 29.3 Å². The molecule has 1 aliphatic rings. The number of amides is 2. The van der Waals surface area contributed by atoms with Crippen molar-refractivity contribution in [3.05, 3.63) is 65.2 Å². The highest BCUT2D eigenvalue weighted by atomic mass is 19.1. The van der Waals surface area contributed by atoms with Gasteiger partial charge in [-0.1, -0.05) is 18.2 Å². The van der Waals surface area contributed by atoms with E-state index in [9.17, 15) is 14.3 Å². The minimum atomic E-state index is -0.304. The molecule has 2 atom stereocenters. The van der Waals surface area contributed by atoms with Crippen molar-refractivity contribution in [3.8, 4) is 0 Å². The Balaban J connectivity index is 1.51. The molecule has 25 heavy (non-hydrogen) atoms. The van der Waals surface area contributed by atoms with Gasteiger partial charge in [0, 0.05) is 31.0 Å². The molecule has 2 aromatic rings. The highest BCUT2D eigenvalue weighted by Crippen LogP contribution is 2.32. The van der Waals surface area contributed by atoms with Crippen LogP contribution in [0.15, 0.2) is 42.6 Å². The summed E-state index contributed by atoms with van der Waals surface area (Å²) in [6, 6.07) is 10.1. The third-order valence-corrected chi connectivity index (χ3v) is 4.55. The molecule has 1 aliphatic carbocycles. The number of halogens is 1. The smallest absolute Gasteiger partial charge is 0.315 e. The molecule has 0 fully saturated rings. The zero-order chi connectivity index (χ0) is 17.6. The summed E-state index contributed by atoms with van der Waals surface area (Å²) >= 11 is 0. The van der Waals surface area contributed by atoms with Crippen LogP contribution in [0.5, 0.6) is 0 Å². The molecule has 0 unspecified atom stereocenters. The zero-order valence-corrected chi connectivity index (χ0v) is 13.9. The lowest BCUT2D eigenvalue weighted by Gasteiger charge is -2.18. The summed E-state index contributed by atoms with van der Waals surface area (Å²) in [6.45, 7) is 0.315. The summed E-state index contributed by atoms with van der Waals surface area (Å²) in [5.41, 5.74) is 2.42. The van der Waals surface area contributed by atoms with Crippen molar-refractivity contribution in [2.24, 2.45) is 5.92 Å². The van der Waals surface area contributed by atoms with Gasteiger partial charge in [0.25, 0.3) is 0 Å². The van der Waals surface area contributed by atoms with Gasteiger partial charge in [0.15, 0.2) is 0 Å². The number of nitrogens with one attached hydrogen (secondary N) is 2. The van der Waals surface area contributed by atoms with E-state index in [-0.39, 0.29) is 30.4 Å². The maximum Gasteiger partial charge on any atom is 0.315 e. The molecule has 2 amide bonds. The van der Waals surface area contributed by atoms with Crippen molar-refractivity contribution in [1.29, 1.82) is 0 Å². The van der Waals surface area contributed by atoms with Crippen LogP contribution in [-0.2, 0) is 12.8 Å². The van der Waals surface area contributed by atoms with E-state index in [2.05, 4.69) is 15.6 Å². The number of urea groups is 1. The van der Waals surface area contributed by atoms with E-state index in [1.165, 1.54) is 6.07 Å². The van der Waals surface area contributed by atoms with Crippen molar-refractivity contribution >= 4 is 6.03 Å². The van der Waals surface area contributed by atoms with Gasteiger partial charge in [-0.25, -0.2) is 9.18 Å². The molecule has 0 saturated heterocycles. The Morgan fingerprint density at radius 1 is 1.32 bits per heavy atom. The third kappa shape index (κ3) is 4.33. The Morgan fingerprint density at radius 2 is 2.20 bits per heavy atom. The van der Waals surface area contributed by atoms with Crippen LogP contribution in [0.25, 0.3) is 0 Å². The van der Waals surface area contributed by atoms with Crippen LogP contribution in [0, 0.1) is 11.7 Å². The van der Waals surface area contributed by atoms with Gasteiger partial charge in [0.05, 0.1) is 6.04 Å². The fourth-order valence-electron chi connectivity index (χ4n) is 3.22. The molecule has 1 aromatic heterocycles. The van der Waals surface area contributed by atoms with Gasteiger partial charge in [-0.3, -0.25) is 4.98 Å². The van der Waals surface area contributed by atoms with E-state index in [0.717, 1.165) is 11.3 Å². The minimum absolute atomic E-state index is 0.0334. The van der Waals surface area contributed by atoms with E-state index in [1.54, 1.807) is 12.3 Å². The van der Waals surface area contributed by atoms with Crippen molar-refractivity contribution in [3.63, 3.8) is 0 Å². The standard InChI is InChI=1S/C19H22FN3O2/c20-17-6-3-5-16-15(17)7-8-18(16)23-19(25)22-11-13(12-24)10-14-4-1-2-9-21-14/h1-6,9,13,18,24H,7-8,10-12H2,(H2,22,23,25)/t13-,18-/m1/s1. The Morgan fingerprint density at radius 3 is 2.96 bits per heavy atom. The Bertz CT molecular complexity index is 724. The van der Waals surface area contributed by atoms with Gasteiger partial charge in [-0.05, 0) is 48.6 Å². The van der Waals surface area contributed by atoms with Crippen LogP contribution in [0.2, 0.25) is 0 Å². The second kappa shape index (κ2) is 8.07. The van der Waals surface area contributed by atoms with Crippen molar-refractivity contribution in [1.82, 2.24) is 15.6 Å². The van der Waals surface area contributed by atoms with Gasteiger partial charge in [-0.2, -0.15) is 0 Å². The SMILES string of the molecule is O=C(NC[C@H](CO)Cc1ccccn1)N[C@@H]1CCc2c(F)cccc21. The second-order valence-corrected chi connectivity index (χ2v) is 6.33. The summed E-state index contributed by atoms with van der Waals surface area (Å²) in [5, 5.41) is 15.2. The number of nitrogens with zero attached hydrogens (tertiary/aromatic N) is 1. The van der Waals surface area contributed by atoms with Crippen LogP contribution in [0.4, 0.5) is 9.18 Å². The summed E-state index contributed by atoms with van der Waals surface area (Å²) in [4.78, 5) is 16.4. The van der Waals surface area contributed by atoms with E-state index in [1.807, 2.05) is 24.3 Å². The molecule has 0 spiro atoms. The predicted molar refractivity (Wildman–Crippen MR) is 92.5 cm³/mol. The maximum absolute atomic E-state index is 13.7. The van der Waals surface area contributed by atoms with E-state index in [0.29, 0.717) is 31.4 Å². The fourth-order valence-corrected chi connectivity index (χ4v) is 3.22. The van der Waals surface area contributed by atoms with Gasteiger partial charge >= 0.3 is 6.03 Å². The number of aliphatic hydroxyl groups is 1. The molecule has 0 radical (unpaired) electrons. The van der Waals surface area contributed by atoms with Gasteiger partial charge in [0.2, 0.25) is 0 Å². The average Bonchev–Trinajstić information content (AvgIpc) is 3.04. The Kier molecular flexibility index (Phi) is 5.60. The molecule has 0 aliphatic heterocycles. The highest BCUT2D eigenvalue weighted by Gasteiger charge is 2.26. The molecule has 5 nitrogen and oxygen atoms in total. The number of pyridine rings is 1. The third-order valence-electron chi connectivity index (χ3n) is 4.55. The van der Waals surface area contributed by atoms with Crippen LogP contribution in [-0.4, -0.2) is 29.3 Å². The molecular formula is C19H22FN3O2. The number of fused-ring (bicyclic) bond motifs is 1. The van der Waals surface area contributed by atoms with Crippen LogP contribution in [0.3, 0.4) is 0 Å². The molecule has 3 N–H and O–H groups in total. The van der Waals surface area contributed by atoms with E-state index >= 15 is 0 Å².